The minimum Gasteiger partial charge on any atom is -0.299 e. The van der Waals surface area contributed by atoms with Gasteiger partial charge in [-0.1, -0.05) is 101 Å². The molecule has 0 amide bonds. The molecule has 0 aromatic heterocycles. The Morgan fingerprint density at radius 2 is 1.34 bits per heavy atom. The summed E-state index contributed by atoms with van der Waals surface area (Å²) in [7, 11) is 0. The molecule has 0 spiro atoms. The Labute approximate surface area is 194 Å². The van der Waals surface area contributed by atoms with Crippen LogP contribution in [0.5, 0.6) is 0 Å². The maximum atomic E-state index is 12.2. The lowest BCUT2D eigenvalue weighted by Gasteiger charge is -2.29. The summed E-state index contributed by atoms with van der Waals surface area (Å²) in [6, 6.07) is 16.7. The SMILES string of the molecule is CCCCCCCC1CCC(c2ccc(-c3ccc(C(=O)CC(=O)CC)cc3)cc2)CC1. The molecule has 2 nitrogen and oxygen atoms in total. The molecular formula is C30H40O2. The number of Topliss-reactive ketones (excluding diaryl/α,β-unsaturated/α-hetero) is 2. The molecule has 172 valence electrons. The molecule has 0 heterocycles. The second-order valence-electron chi connectivity index (χ2n) is 9.61. The summed E-state index contributed by atoms with van der Waals surface area (Å²) in [5.41, 5.74) is 4.38. The van der Waals surface area contributed by atoms with Crippen LogP contribution >= 0.6 is 0 Å². The van der Waals surface area contributed by atoms with Crippen LogP contribution in [0.1, 0.15) is 113 Å². The lowest BCUT2D eigenvalue weighted by molar-refractivity contribution is -0.117. The van der Waals surface area contributed by atoms with Crippen molar-refractivity contribution in [3.05, 3.63) is 59.7 Å². The van der Waals surface area contributed by atoms with Gasteiger partial charge in [-0.25, -0.2) is 0 Å². The van der Waals surface area contributed by atoms with E-state index < -0.39 is 0 Å². The van der Waals surface area contributed by atoms with Crippen molar-refractivity contribution in [3.8, 4) is 11.1 Å². The van der Waals surface area contributed by atoms with E-state index in [9.17, 15) is 9.59 Å². The minimum atomic E-state index is -0.0877. The predicted molar refractivity (Wildman–Crippen MR) is 134 cm³/mol. The summed E-state index contributed by atoms with van der Waals surface area (Å²) in [5, 5.41) is 0. The van der Waals surface area contributed by atoms with Crippen LogP contribution in [0.3, 0.4) is 0 Å². The molecule has 3 rings (SSSR count). The third-order valence-corrected chi connectivity index (χ3v) is 7.24. The number of benzene rings is 2. The average Bonchev–Trinajstić information content (AvgIpc) is 2.84. The number of hydrogen-bond acceptors (Lipinski definition) is 2. The first-order valence-electron chi connectivity index (χ1n) is 12.9. The van der Waals surface area contributed by atoms with Crippen molar-refractivity contribution >= 4 is 11.6 Å². The van der Waals surface area contributed by atoms with Crippen LogP contribution in [-0.2, 0) is 4.79 Å². The van der Waals surface area contributed by atoms with Crippen LogP contribution in [-0.4, -0.2) is 11.6 Å². The highest BCUT2D eigenvalue weighted by molar-refractivity contribution is 6.08. The molecule has 0 atom stereocenters. The minimum absolute atomic E-state index is 0.00401. The highest BCUT2D eigenvalue weighted by atomic mass is 16.1. The van der Waals surface area contributed by atoms with E-state index in [2.05, 4.69) is 31.2 Å². The van der Waals surface area contributed by atoms with Crippen LogP contribution < -0.4 is 0 Å². The van der Waals surface area contributed by atoms with Crippen molar-refractivity contribution in [2.24, 2.45) is 5.92 Å². The third-order valence-electron chi connectivity index (χ3n) is 7.24. The van der Waals surface area contributed by atoms with Crippen molar-refractivity contribution in [2.45, 2.75) is 96.8 Å². The highest BCUT2D eigenvalue weighted by Crippen LogP contribution is 2.38. The monoisotopic (exact) mass is 432 g/mol. The number of unbranched alkanes of at least 4 members (excludes halogenated alkanes) is 4. The Bertz CT molecular complexity index is 839. The fraction of sp³-hybridized carbons (Fsp3) is 0.533. The van der Waals surface area contributed by atoms with E-state index >= 15 is 0 Å². The largest absolute Gasteiger partial charge is 0.299 e. The van der Waals surface area contributed by atoms with Crippen LogP contribution in [0.15, 0.2) is 48.5 Å². The second-order valence-corrected chi connectivity index (χ2v) is 9.61. The average molecular weight is 433 g/mol. The van der Waals surface area contributed by atoms with E-state index in [1.807, 2.05) is 24.3 Å². The summed E-state index contributed by atoms with van der Waals surface area (Å²) in [6.45, 7) is 4.08. The van der Waals surface area contributed by atoms with Crippen molar-refractivity contribution < 1.29 is 9.59 Å². The van der Waals surface area contributed by atoms with Gasteiger partial charge in [0, 0.05) is 12.0 Å². The number of ketones is 2. The quantitative estimate of drug-likeness (QED) is 0.191. The highest BCUT2D eigenvalue weighted by Gasteiger charge is 2.22. The van der Waals surface area contributed by atoms with Crippen molar-refractivity contribution in [2.75, 3.05) is 0 Å². The fourth-order valence-corrected chi connectivity index (χ4v) is 5.02. The molecule has 0 aliphatic heterocycles. The van der Waals surface area contributed by atoms with Gasteiger partial charge < -0.3 is 0 Å². The summed E-state index contributed by atoms with van der Waals surface area (Å²) in [4.78, 5) is 23.7. The Hall–Kier alpha value is -2.22. The molecule has 1 fully saturated rings. The Kier molecular flexibility index (Phi) is 9.71. The number of carbonyl (C=O) groups is 2. The maximum absolute atomic E-state index is 12.2. The lowest BCUT2D eigenvalue weighted by atomic mass is 9.77. The van der Waals surface area contributed by atoms with Gasteiger partial charge in [0.25, 0.3) is 0 Å². The van der Waals surface area contributed by atoms with Gasteiger partial charge in [-0.15, -0.1) is 0 Å². The molecule has 1 aliphatic carbocycles. The Morgan fingerprint density at radius 3 is 1.94 bits per heavy atom. The first-order valence-corrected chi connectivity index (χ1v) is 12.9. The zero-order valence-corrected chi connectivity index (χ0v) is 20.1. The Morgan fingerprint density at radius 1 is 0.750 bits per heavy atom. The Balaban J connectivity index is 1.49. The zero-order valence-electron chi connectivity index (χ0n) is 20.1. The molecular weight excluding hydrogens is 392 g/mol. The molecule has 2 aromatic rings. The van der Waals surface area contributed by atoms with Crippen molar-refractivity contribution in [1.29, 1.82) is 0 Å². The van der Waals surface area contributed by atoms with E-state index in [0.717, 1.165) is 11.5 Å². The predicted octanol–water partition coefficient (Wildman–Crippen LogP) is 8.54. The van der Waals surface area contributed by atoms with Gasteiger partial charge in [-0.2, -0.15) is 0 Å². The molecule has 0 saturated heterocycles. The third kappa shape index (κ3) is 7.15. The van der Waals surface area contributed by atoms with Crippen LogP contribution in [0.4, 0.5) is 0 Å². The molecule has 2 heteroatoms. The van der Waals surface area contributed by atoms with Gasteiger partial charge in [0.15, 0.2) is 5.78 Å². The van der Waals surface area contributed by atoms with E-state index in [1.54, 1.807) is 6.92 Å². The van der Waals surface area contributed by atoms with Gasteiger partial charge in [0.05, 0.1) is 6.42 Å². The molecule has 0 bridgehead atoms. The van der Waals surface area contributed by atoms with E-state index in [-0.39, 0.29) is 18.0 Å². The molecule has 0 N–H and O–H groups in total. The van der Waals surface area contributed by atoms with Crippen molar-refractivity contribution in [3.63, 3.8) is 0 Å². The molecule has 0 radical (unpaired) electrons. The summed E-state index contributed by atoms with van der Waals surface area (Å²) >= 11 is 0. The van der Waals surface area contributed by atoms with Crippen LogP contribution in [0.25, 0.3) is 11.1 Å². The van der Waals surface area contributed by atoms with Gasteiger partial charge in [-0.3, -0.25) is 9.59 Å². The smallest absolute Gasteiger partial charge is 0.170 e. The van der Waals surface area contributed by atoms with Gasteiger partial charge >= 0.3 is 0 Å². The topological polar surface area (TPSA) is 34.1 Å². The zero-order chi connectivity index (χ0) is 22.8. The van der Waals surface area contributed by atoms with Gasteiger partial charge in [0.2, 0.25) is 0 Å². The molecule has 1 aliphatic rings. The van der Waals surface area contributed by atoms with Gasteiger partial charge in [-0.05, 0) is 54.2 Å². The van der Waals surface area contributed by atoms with Crippen LogP contribution in [0.2, 0.25) is 0 Å². The molecule has 1 saturated carbocycles. The molecule has 32 heavy (non-hydrogen) atoms. The molecule has 0 unspecified atom stereocenters. The fourth-order valence-electron chi connectivity index (χ4n) is 5.02. The summed E-state index contributed by atoms with van der Waals surface area (Å²) < 4.78 is 0. The number of rotatable bonds is 12. The first-order chi connectivity index (χ1) is 15.6. The molecule has 2 aromatic carbocycles. The van der Waals surface area contributed by atoms with Gasteiger partial charge in [0.1, 0.15) is 5.78 Å². The summed E-state index contributed by atoms with van der Waals surface area (Å²) in [5.74, 6) is 1.56. The van der Waals surface area contributed by atoms with E-state index in [0.29, 0.717) is 17.9 Å². The van der Waals surface area contributed by atoms with Crippen LogP contribution in [0, 0.1) is 5.92 Å². The normalized spacial score (nSPS) is 18.4. The number of hydrogen-bond donors (Lipinski definition) is 0. The second kappa shape index (κ2) is 12.7. The maximum Gasteiger partial charge on any atom is 0.170 e. The van der Waals surface area contributed by atoms with Crippen molar-refractivity contribution in [1.82, 2.24) is 0 Å². The lowest BCUT2D eigenvalue weighted by Crippen LogP contribution is -2.13. The van der Waals surface area contributed by atoms with E-state index in [4.69, 9.17) is 0 Å². The first kappa shape index (κ1) is 24.4. The number of carbonyl (C=O) groups excluding carboxylic acids is 2. The standard InChI is InChI=1S/C30H40O2/c1-3-5-6-7-8-9-23-10-12-24(13-11-23)25-14-16-26(17-15-25)27-18-20-28(21-19-27)30(32)22-29(31)4-2/h14-21,23-24H,3-13,22H2,1-2H3. The summed E-state index contributed by atoms with van der Waals surface area (Å²) in [6.07, 6.45) is 14.2. The van der Waals surface area contributed by atoms with E-state index in [1.165, 1.54) is 75.3 Å².